The molecule has 0 amide bonds. The molecule has 1 aromatic heterocycles. The minimum Gasteiger partial charge on any atom is -0.301 e. The van der Waals surface area contributed by atoms with Crippen LogP contribution in [0.5, 0.6) is 0 Å². The van der Waals surface area contributed by atoms with Crippen LogP contribution in [0.25, 0.3) is 0 Å². The molecule has 1 aliphatic heterocycles. The van der Waals surface area contributed by atoms with Gasteiger partial charge in [-0.05, 0) is 49.1 Å². The van der Waals surface area contributed by atoms with Gasteiger partial charge in [0.1, 0.15) is 5.82 Å². The van der Waals surface area contributed by atoms with Gasteiger partial charge in [-0.2, -0.15) is 5.10 Å². The van der Waals surface area contributed by atoms with Gasteiger partial charge in [-0.1, -0.05) is 12.1 Å². The second-order valence-corrected chi connectivity index (χ2v) is 5.56. The van der Waals surface area contributed by atoms with Crippen LogP contribution in [0.2, 0.25) is 0 Å². The highest BCUT2D eigenvalue weighted by Crippen LogP contribution is 2.20. The summed E-state index contributed by atoms with van der Waals surface area (Å²) in [4.78, 5) is 2.50. The molecule has 1 aliphatic rings. The van der Waals surface area contributed by atoms with E-state index in [0.717, 1.165) is 32.6 Å². The first-order chi connectivity index (χ1) is 9.79. The van der Waals surface area contributed by atoms with Crippen LogP contribution in [-0.2, 0) is 13.0 Å². The first kappa shape index (κ1) is 13.3. The number of nitrogens with zero attached hydrogens (tertiary/aromatic N) is 3. The van der Waals surface area contributed by atoms with Crippen LogP contribution in [0.3, 0.4) is 0 Å². The molecule has 0 radical (unpaired) electrons. The zero-order valence-corrected chi connectivity index (χ0v) is 11.6. The second-order valence-electron chi connectivity index (χ2n) is 5.56. The number of halogens is 1. The van der Waals surface area contributed by atoms with Gasteiger partial charge in [0, 0.05) is 25.5 Å². The lowest BCUT2D eigenvalue weighted by Gasteiger charge is -2.16. The van der Waals surface area contributed by atoms with E-state index in [1.807, 2.05) is 35.3 Å². The summed E-state index contributed by atoms with van der Waals surface area (Å²) in [6, 6.07) is 8.88. The molecule has 20 heavy (non-hydrogen) atoms. The maximum atomic E-state index is 12.9. The Labute approximate surface area is 119 Å². The Hall–Kier alpha value is -1.68. The normalized spacial score (nSPS) is 19.6. The lowest BCUT2D eigenvalue weighted by Crippen LogP contribution is -2.25. The number of likely N-dealkylation sites (tertiary alicyclic amines) is 1. The smallest absolute Gasteiger partial charge is 0.123 e. The van der Waals surface area contributed by atoms with Crippen LogP contribution in [0, 0.1) is 11.7 Å². The summed E-state index contributed by atoms with van der Waals surface area (Å²) in [5.74, 6) is 0.541. The van der Waals surface area contributed by atoms with Gasteiger partial charge in [0.2, 0.25) is 0 Å². The molecule has 1 aromatic carbocycles. The van der Waals surface area contributed by atoms with E-state index in [1.165, 1.54) is 12.0 Å². The number of hydrogen-bond acceptors (Lipinski definition) is 2. The first-order valence-corrected chi connectivity index (χ1v) is 7.24. The monoisotopic (exact) mass is 273 g/mol. The summed E-state index contributed by atoms with van der Waals surface area (Å²) >= 11 is 0. The van der Waals surface area contributed by atoms with Crippen LogP contribution in [0.4, 0.5) is 4.39 Å². The number of rotatable bonds is 5. The third-order valence-electron chi connectivity index (χ3n) is 4.01. The third kappa shape index (κ3) is 3.45. The van der Waals surface area contributed by atoms with Gasteiger partial charge >= 0.3 is 0 Å². The number of benzene rings is 1. The maximum absolute atomic E-state index is 12.9. The van der Waals surface area contributed by atoms with Gasteiger partial charge in [0.05, 0.1) is 6.54 Å². The average Bonchev–Trinajstić information content (AvgIpc) is 3.10. The van der Waals surface area contributed by atoms with Crippen molar-refractivity contribution in [3.63, 3.8) is 0 Å². The zero-order chi connectivity index (χ0) is 13.8. The van der Waals surface area contributed by atoms with E-state index in [-0.39, 0.29) is 5.82 Å². The Morgan fingerprint density at radius 1 is 1.20 bits per heavy atom. The van der Waals surface area contributed by atoms with Crippen LogP contribution in [-0.4, -0.2) is 34.3 Å². The van der Waals surface area contributed by atoms with Crippen molar-refractivity contribution in [1.82, 2.24) is 14.7 Å². The van der Waals surface area contributed by atoms with Crippen LogP contribution in [0.15, 0.2) is 42.7 Å². The van der Waals surface area contributed by atoms with E-state index in [4.69, 9.17) is 0 Å². The molecule has 0 N–H and O–H groups in total. The van der Waals surface area contributed by atoms with Crippen molar-refractivity contribution < 1.29 is 4.39 Å². The third-order valence-corrected chi connectivity index (χ3v) is 4.01. The summed E-state index contributed by atoms with van der Waals surface area (Å²) in [7, 11) is 0. The van der Waals surface area contributed by atoms with Gasteiger partial charge in [0.25, 0.3) is 0 Å². The largest absolute Gasteiger partial charge is 0.301 e. The predicted molar refractivity (Wildman–Crippen MR) is 76.9 cm³/mol. The molecule has 0 saturated carbocycles. The maximum Gasteiger partial charge on any atom is 0.123 e. The Kier molecular flexibility index (Phi) is 4.11. The van der Waals surface area contributed by atoms with E-state index in [1.54, 1.807) is 12.1 Å². The predicted octanol–water partition coefficient (Wildman–Crippen LogP) is 2.59. The molecule has 0 bridgehead atoms. The lowest BCUT2D eigenvalue weighted by atomic mass is 9.99. The summed E-state index contributed by atoms with van der Waals surface area (Å²) in [6.07, 6.45) is 6.11. The molecule has 4 heteroatoms. The summed E-state index contributed by atoms with van der Waals surface area (Å²) in [5.41, 5.74) is 1.24. The summed E-state index contributed by atoms with van der Waals surface area (Å²) in [5, 5.41) is 4.23. The second kappa shape index (κ2) is 6.18. The van der Waals surface area contributed by atoms with Crippen molar-refractivity contribution in [3.05, 3.63) is 54.1 Å². The molecule has 106 valence electrons. The van der Waals surface area contributed by atoms with Crippen molar-refractivity contribution >= 4 is 0 Å². The molecule has 1 saturated heterocycles. The topological polar surface area (TPSA) is 21.1 Å². The Morgan fingerprint density at radius 2 is 2.05 bits per heavy atom. The molecule has 2 aromatic rings. The highest BCUT2D eigenvalue weighted by molar-refractivity contribution is 5.16. The van der Waals surface area contributed by atoms with Crippen molar-refractivity contribution in [1.29, 1.82) is 0 Å². The molecule has 0 aliphatic carbocycles. The lowest BCUT2D eigenvalue weighted by molar-refractivity contribution is 0.303. The molecular weight excluding hydrogens is 253 g/mol. The van der Waals surface area contributed by atoms with Crippen LogP contribution < -0.4 is 0 Å². The van der Waals surface area contributed by atoms with Crippen molar-refractivity contribution in [2.75, 3.05) is 19.6 Å². The molecule has 3 rings (SSSR count). The zero-order valence-electron chi connectivity index (χ0n) is 11.6. The van der Waals surface area contributed by atoms with Gasteiger partial charge in [-0.15, -0.1) is 0 Å². The van der Waals surface area contributed by atoms with E-state index in [2.05, 4.69) is 10.00 Å². The Balaban J connectivity index is 1.46. The van der Waals surface area contributed by atoms with Crippen molar-refractivity contribution in [2.45, 2.75) is 19.4 Å². The van der Waals surface area contributed by atoms with E-state index >= 15 is 0 Å². The van der Waals surface area contributed by atoms with E-state index in [0.29, 0.717) is 5.92 Å². The molecule has 3 nitrogen and oxygen atoms in total. The van der Waals surface area contributed by atoms with Gasteiger partial charge in [-0.25, -0.2) is 4.39 Å². The van der Waals surface area contributed by atoms with E-state index < -0.39 is 0 Å². The molecule has 0 spiro atoms. The summed E-state index contributed by atoms with van der Waals surface area (Å²) < 4.78 is 14.9. The quantitative estimate of drug-likeness (QED) is 0.835. The molecule has 1 atom stereocenters. The van der Waals surface area contributed by atoms with Crippen LogP contribution in [0.1, 0.15) is 12.0 Å². The van der Waals surface area contributed by atoms with Crippen molar-refractivity contribution in [2.24, 2.45) is 5.92 Å². The molecule has 1 fully saturated rings. The highest BCUT2D eigenvalue weighted by atomic mass is 19.1. The standard InChI is InChI=1S/C16H20FN3/c17-16-4-2-14(3-5-16)12-15-6-9-19(13-15)10-11-20-8-1-7-18-20/h1-5,7-8,15H,6,9-13H2. The highest BCUT2D eigenvalue weighted by Gasteiger charge is 2.22. The van der Waals surface area contributed by atoms with Crippen molar-refractivity contribution in [3.8, 4) is 0 Å². The minimum absolute atomic E-state index is 0.152. The average molecular weight is 273 g/mol. The van der Waals surface area contributed by atoms with Gasteiger partial charge in [-0.3, -0.25) is 4.68 Å². The Bertz CT molecular complexity index is 521. The van der Waals surface area contributed by atoms with Crippen LogP contribution >= 0.6 is 0 Å². The fourth-order valence-corrected chi connectivity index (χ4v) is 2.91. The molecule has 2 heterocycles. The number of hydrogen-bond donors (Lipinski definition) is 0. The first-order valence-electron chi connectivity index (χ1n) is 7.24. The summed E-state index contributed by atoms with van der Waals surface area (Å²) in [6.45, 7) is 4.31. The molecular formula is C16H20FN3. The van der Waals surface area contributed by atoms with Gasteiger partial charge < -0.3 is 4.90 Å². The fourth-order valence-electron chi connectivity index (χ4n) is 2.91. The van der Waals surface area contributed by atoms with E-state index in [9.17, 15) is 4.39 Å². The minimum atomic E-state index is -0.152. The number of aromatic nitrogens is 2. The molecule has 1 unspecified atom stereocenters. The van der Waals surface area contributed by atoms with Gasteiger partial charge in [0.15, 0.2) is 0 Å². The fraction of sp³-hybridized carbons (Fsp3) is 0.438. The SMILES string of the molecule is Fc1ccc(CC2CCN(CCn3cccn3)C2)cc1. The Morgan fingerprint density at radius 3 is 2.80 bits per heavy atom.